The summed E-state index contributed by atoms with van der Waals surface area (Å²) < 4.78 is 26.6. The van der Waals surface area contributed by atoms with Gasteiger partial charge in [-0.2, -0.15) is 0 Å². The highest BCUT2D eigenvalue weighted by molar-refractivity contribution is 9.10. The fourth-order valence-corrected chi connectivity index (χ4v) is 3.22. The zero-order valence-corrected chi connectivity index (χ0v) is 11.3. The van der Waals surface area contributed by atoms with Crippen molar-refractivity contribution < 1.29 is 8.42 Å². The van der Waals surface area contributed by atoms with Crippen LogP contribution in [0.4, 0.5) is 0 Å². The number of nitrogens with zero attached hydrogens (tertiary/aromatic N) is 3. The molecule has 17 heavy (non-hydrogen) atoms. The van der Waals surface area contributed by atoms with E-state index in [1.165, 1.54) is 6.07 Å². The van der Waals surface area contributed by atoms with Gasteiger partial charge in [-0.15, -0.1) is 0 Å². The Hall–Kier alpha value is -1.08. The lowest BCUT2D eigenvalue weighted by Gasteiger charge is -2.07. The van der Waals surface area contributed by atoms with Gasteiger partial charge in [0.25, 0.3) is 0 Å². The SMILES string of the molecule is [N-]=[N+]=NCCCNS(=O)(=O)c1ccccc1Br. The molecule has 92 valence electrons. The third-order valence-electron chi connectivity index (χ3n) is 1.92. The van der Waals surface area contributed by atoms with Gasteiger partial charge in [-0.05, 0) is 40.0 Å². The van der Waals surface area contributed by atoms with Crippen molar-refractivity contribution in [3.05, 3.63) is 39.2 Å². The molecule has 1 aromatic carbocycles. The minimum atomic E-state index is -3.51. The van der Waals surface area contributed by atoms with Gasteiger partial charge in [-0.3, -0.25) is 0 Å². The van der Waals surface area contributed by atoms with Crippen LogP contribution in [0.15, 0.2) is 38.7 Å². The van der Waals surface area contributed by atoms with Crippen molar-refractivity contribution in [3.63, 3.8) is 0 Å². The standard InChI is InChI=1S/C9H11BrN4O2S/c10-8-4-1-2-5-9(8)17(15,16)13-7-3-6-12-14-11/h1-2,4-5,13H,3,6-7H2. The van der Waals surface area contributed by atoms with Gasteiger partial charge >= 0.3 is 0 Å². The van der Waals surface area contributed by atoms with E-state index in [-0.39, 0.29) is 18.0 Å². The molecule has 0 spiro atoms. The van der Waals surface area contributed by atoms with E-state index in [1.807, 2.05) is 0 Å². The summed E-state index contributed by atoms with van der Waals surface area (Å²) in [5, 5.41) is 3.32. The Bertz CT molecular complexity index is 526. The third-order valence-corrected chi connectivity index (χ3v) is 4.39. The zero-order chi connectivity index (χ0) is 12.7. The number of hydrogen-bond donors (Lipinski definition) is 1. The van der Waals surface area contributed by atoms with Crippen LogP contribution < -0.4 is 4.72 Å². The first-order valence-electron chi connectivity index (χ1n) is 4.83. The van der Waals surface area contributed by atoms with Gasteiger partial charge in [0.05, 0.1) is 4.90 Å². The van der Waals surface area contributed by atoms with E-state index in [4.69, 9.17) is 5.53 Å². The highest BCUT2D eigenvalue weighted by atomic mass is 79.9. The van der Waals surface area contributed by atoms with Crippen molar-refractivity contribution in [2.24, 2.45) is 5.11 Å². The fraction of sp³-hybridized carbons (Fsp3) is 0.333. The Balaban J connectivity index is 2.64. The molecule has 0 aromatic heterocycles. The molecule has 6 nitrogen and oxygen atoms in total. The van der Waals surface area contributed by atoms with Gasteiger partial charge in [-0.25, -0.2) is 13.1 Å². The largest absolute Gasteiger partial charge is 0.241 e. The van der Waals surface area contributed by atoms with Gasteiger partial charge in [0.15, 0.2) is 0 Å². The van der Waals surface area contributed by atoms with Crippen LogP contribution >= 0.6 is 15.9 Å². The summed E-state index contributed by atoms with van der Waals surface area (Å²) in [5.41, 5.74) is 8.05. The van der Waals surface area contributed by atoms with Gasteiger partial charge in [0.2, 0.25) is 10.0 Å². The molecule has 1 aromatic rings. The first kappa shape index (κ1) is 14.0. The second-order valence-electron chi connectivity index (χ2n) is 3.14. The second-order valence-corrected chi connectivity index (χ2v) is 5.73. The number of benzene rings is 1. The maximum Gasteiger partial charge on any atom is 0.241 e. The lowest BCUT2D eigenvalue weighted by atomic mass is 10.4. The predicted octanol–water partition coefficient (Wildman–Crippen LogP) is 2.43. The number of nitrogens with one attached hydrogen (secondary N) is 1. The Morgan fingerprint density at radius 3 is 2.76 bits per heavy atom. The van der Waals surface area contributed by atoms with Crippen LogP contribution in [0.2, 0.25) is 0 Å². The van der Waals surface area contributed by atoms with Crippen LogP contribution in [-0.4, -0.2) is 21.5 Å². The van der Waals surface area contributed by atoms with E-state index in [0.717, 1.165) is 0 Å². The highest BCUT2D eigenvalue weighted by Crippen LogP contribution is 2.20. The fourth-order valence-electron chi connectivity index (χ4n) is 1.14. The van der Waals surface area contributed by atoms with E-state index >= 15 is 0 Å². The lowest BCUT2D eigenvalue weighted by molar-refractivity contribution is 0.579. The van der Waals surface area contributed by atoms with Crippen molar-refractivity contribution in [1.29, 1.82) is 0 Å². The van der Waals surface area contributed by atoms with Crippen LogP contribution in [-0.2, 0) is 10.0 Å². The van der Waals surface area contributed by atoms with Gasteiger partial charge < -0.3 is 0 Å². The topological polar surface area (TPSA) is 94.9 Å². The third kappa shape index (κ3) is 4.35. The van der Waals surface area contributed by atoms with Crippen molar-refractivity contribution in [3.8, 4) is 0 Å². The molecule has 0 amide bonds. The quantitative estimate of drug-likeness (QED) is 0.377. The maximum absolute atomic E-state index is 11.8. The number of halogens is 1. The highest BCUT2D eigenvalue weighted by Gasteiger charge is 2.15. The van der Waals surface area contributed by atoms with E-state index in [9.17, 15) is 8.42 Å². The molecule has 8 heteroatoms. The number of azide groups is 1. The van der Waals surface area contributed by atoms with Crippen LogP contribution in [0.25, 0.3) is 10.4 Å². The average molecular weight is 319 g/mol. The van der Waals surface area contributed by atoms with E-state index in [0.29, 0.717) is 10.9 Å². The van der Waals surface area contributed by atoms with Crippen molar-refractivity contribution >= 4 is 26.0 Å². The summed E-state index contributed by atoms with van der Waals surface area (Å²) >= 11 is 3.18. The Morgan fingerprint density at radius 1 is 1.41 bits per heavy atom. The zero-order valence-electron chi connectivity index (χ0n) is 8.88. The lowest BCUT2D eigenvalue weighted by Crippen LogP contribution is -2.25. The molecule has 0 saturated carbocycles. The molecular weight excluding hydrogens is 308 g/mol. The van der Waals surface area contributed by atoms with Gasteiger partial charge in [-0.1, -0.05) is 17.2 Å². The van der Waals surface area contributed by atoms with Gasteiger partial charge in [0, 0.05) is 22.5 Å². The minimum Gasteiger partial charge on any atom is -0.211 e. The molecule has 0 aliphatic carbocycles. The normalized spacial score (nSPS) is 10.9. The molecule has 0 atom stereocenters. The number of hydrogen-bond acceptors (Lipinski definition) is 3. The molecule has 0 heterocycles. The average Bonchev–Trinajstić information content (AvgIpc) is 2.29. The minimum absolute atomic E-state index is 0.198. The van der Waals surface area contributed by atoms with Crippen molar-refractivity contribution in [1.82, 2.24) is 4.72 Å². The summed E-state index contributed by atoms with van der Waals surface area (Å²) in [4.78, 5) is 2.78. The molecular formula is C9H11BrN4O2S. The predicted molar refractivity (Wildman–Crippen MR) is 68.0 cm³/mol. The van der Waals surface area contributed by atoms with Crippen LogP contribution in [0.3, 0.4) is 0 Å². The van der Waals surface area contributed by atoms with E-state index in [2.05, 4.69) is 30.7 Å². The molecule has 0 saturated heterocycles. The molecule has 0 bridgehead atoms. The summed E-state index contributed by atoms with van der Waals surface area (Å²) in [6.45, 7) is 0.512. The Kier molecular flexibility index (Phi) is 5.43. The Labute approximate surface area is 108 Å². The molecule has 1 N–H and O–H groups in total. The molecule has 0 aliphatic heterocycles. The molecule has 0 fully saturated rings. The van der Waals surface area contributed by atoms with Crippen LogP contribution in [0.1, 0.15) is 6.42 Å². The van der Waals surface area contributed by atoms with Crippen LogP contribution in [0.5, 0.6) is 0 Å². The number of sulfonamides is 1. The summed E-state index contributed by atoms with van der Waals surface area (Å²) in [7, 11) is -3.51. The van der Waals surface area contributed by atoms with E-state index in [1.54, 1.807) is 18.2 Å². The number of rotatable bonds is 6. The van der Waals surface area contributed by atoms with Crippen LogP contribution in [0, 0.1) is 0 Å². The second kappa shape index (κ2) is 6.61. The van der Waals surface area contributed by atoms with E-state index < -0.39 is 10.0 Å². The molecule has 1 rings (SSSR count). The summed E-state index contributed by atoms with van der Waals surface area (Å²) in [5.74, 6) is 0. The van der Waals surface area contributed by atoms with Gasteiger partial charge in [0.1, 0.15) is 0 Å². The maximum atomic E-state index is 11.8. The smallest absolute Gasteiger partial charge is 0.211 e. The van der Waals surface area contributed by atoms with Crippen molar-refractivity contribution in [2.75, 3.05) is 13.1 Å². The Morgan fingerprint density at radius 2 is 2.12 bits per heavy atom. The monoisotopic (exact) mass is 318 g/mol. The molecule has 0 unspecified atom stereocenters. The summed E-state index contributed by atoms with van der Waals surface area (Å²) in [6.07, 6.45) is 0.466. The molecule has 0 aliphatic rings. The molecule has 0 radical (unpaired) electrons. The summed E-state index contributed by atoms with van der Waals surface area (Å²) in [6, 6.07) is 6.57. The van der Waals surface area contributed by atoms with Crippen molar-refractivity contribution in [2.45, 2.75) is 11.3 Å². The first-order valence-corrected chi connectivity index (χ1v) is 7.10. The first-order chi connectivity index (χ1) is 8.08.